The Hall–Kier alpha value is -3.89. The van der Waals surface area contributed by atoms with Gasteiger partial charge in [0.1, 0.15) is 27.8 Å². The lowest BCUT2D eigenvalue weighted by Gasteiger charge is -2.33. The molecule has 0 aliphatic carbocycles. The van der Waals surface area contributed by atoms with Gasteiger partial charge in [-0.3, -0.25) is 0 Å². The van der Waals surface area contributed by atoms with E-state index in [0.717, 1.165) is 32.0 Å². The zero-order chi connectivity index (χ0) is 26.2. The summed E-state index contributed by atoms with van der Waals surface area (Å²) in [7, 11) is 0. The van der Waals surface area contributed by atoms with Crippen LogP contribution in [0.25, 0.3) is 33.7 Å². The Balaban J connectivity index is 1.69. The molecular weight excluding hydrogens is 493 g/mol. The van der Waals surface area contributed by atoms with Crippen LogP contribution in [-0.4, -0.2) is 16.1 Å². The van der Waals surface area contributed by atoms with Crippen molar-refractivity contribution in [1.29, 1.82) is 0 Å². The quantitative estimate of drug-likeness (QED) is 0.143. The number of alkyl halides is 3. The van der Waals surface area contributed by atoms with Crippen molar-refractivity contribution in [3.05, 3.63) is 82.2 Å². The minimum Gasteiger partial charge on any atom is -0.441 e. The number of halogens is 7. The van der Waals surface area contributed by atoms with E-state index in [1.165, 1.54) is 18.2 Å². The first-order chi connectivity index (χ1) is 16.8. The largest absolute Gasteiger partial charge is 0.441 e. The summed E-state index contributed by atoms with van der Waals surface area (Å²) in [6.45, 7) is 3.44. The number of benzene rings is 3. The van der Waals surface area contributed by atoms with Crippen LogP contribution in [0.15, 0.2) is 45.2 Å². The molecule has 1 atom stereocenters. The van der Waals surface area contributed by atoms with Crippen molar-refractivity contribution in [1.82, 2.24) is 9.97 Å². The van der Waals surface area contributed by atoms with E-state index in [9.17, 15) is 30.7 Å². The summed E-state index contributed by atoms with van der Waals surface area (Å²) in [6.07, 6.45) is -4.78. The predicted molar refractivity (Wildman–Crippen MR) is 115 cm³/mol. The van der Waals surface area contributed by atoms with Crippen LogP contribution in [0.3, 0.4) is 0 Å². The molecule has 0 spiro atoms. The van der Waals surface area contributed by atoms with E-state index in [1.807, 2.05) is 0 Å². The minimum atomic E-state index is -4.78. The molecule has 0 N–H and O–H groups in total. The molecule has 0 fully saturated rings. The average molecular weight is 508 g/mol. The number of hydrogen-bond donors (Lipinski definition) is 0. The maximum Gasteiger partial charge on any atom is 0.402 e. The van der Waals surface area contributed by atoms with Gasteiger partial charge in [-0.15, -0.1) is 0 Å². The van der Waals surface area contributed by atoms with Gasteiger partial charge < -0.3 is 8.83 Å². The predicted octanol–water partition coefficient (Wildman–Crippen LogP) is 7.68. The molecule has 0 aliphatic heterocycles. The van der Waals surface area contributed by atoms with E-state index in [0.29, 0.717) is 11.5 Å². The lowest BCUT2D eigenvalue weighted by Crippen LogP contribution is -2.40. The van der Waals surface area contributed by atoms with E-state index in [4.69, 9.17) is 8.83 Å². The Labute approximate surface area is 198 Å². The van der Waals surface area contributed by atoms with Gasteiger partial charge in [0.15, 0.2) is 34.5 Å². The molecule has 0 aliphatic rings. The first-order valence-electron chi connectivity index (χ1n) is 10.5. The standard InChI is InChI=1S/C25H15F7N2O2/c1-10-19(26)18(21(28)22(29)20(10)27)23-34-15-9-13(5-7-17(15)36-23)24(3,25(30,31)32)12-4-6-16-14(8-12)33-11(2)35-16/h4-9H,1-3H3. The lowest BCUT2D eigenvalue weighted by molar-refractivity contribution is -0.173. The highest BCUT2D eigenvalue weighted by atomic mass is 19.4. The van der Waals surface area contributed by atoms with Crippen LogP contribution in [0.2, 0.25) is 0 Å². The number of hydrogen-bond acceptors (Lipinski definition) is 4. The van der Waals surface area contributed by atoms with Crippen LogP contribution >= 0.6 is 0 Å². The number of nitrogens with zero attached hydrogens (tertiary/aromatic N) is 2. The van der Waals surface area contributed by atoms with Crippen molar-refractivity contribution in [2.45, 2.75) is 32.4 Å². The van der Waals surface area contributed by atoms with Crippen molar-refractivity contribution < 1.29 is 39.6 Å². The smallest absolute Gasteiger partial charge is 0.402 e. The molecule has 0 saturated carbocycles. The van der Waals surface area contributed by atoms with E-state index in [-0.39, 0.29) is 27.7 Å². The van der Waals surface area contributed by atoms with Crippen LogP contribution in [0.1, 0.15) is 29.5 Å². The fraction of sp³-hybridized carbons (Fsp3) is 0.200. The Morgan fingerprint density at radius 3 is 1.83 bits per heavy atom. The molecule has 2 heterocycles. The Morgan fingerprint density at radius 2 is 1.25 bits per heavy atom. The van der Waals surface area contributed by atoms with E-state index >= 15 is 0 Å². The lowest BCUT2D eigenvalue weighted by atomic mass is 9.75. The topological polar surface area (TPSA) is 52.1 Å². The molecule has 186 valence electrons. The number of aryl methyl sites for hydroxylation is 1. The number of aromatic nitrogens is 2. The van der Waals surface area contributed by atoms with Crippen LogP contribution < -0.4 is 0 Å². The second kappa shape index (κ2) is 7.81. The molecule has 0 radical (unpaired) electrons. The van der Waals surface area contributed by atoms with E-state index in [2.05, 4.69) is 9.97 Å². The minimum absolute atomic E-state index is 0.109. The van der Waals surface area contributed by atoms with Crippen molar-refractivity contribution in [3.8, 4) is 11.5 Å². The van der Waals surface area contributed by atoms with Gasteiger partial charge in [0.05, 0.1) is 0 Å². The molecule has 11 heteroatoms. The summed E-state index contributed by atoms with van der Waals surface area (Å²) < 4.78 is 111. The van der Waals surface area contributed by atoms with Gasteiger partial charge in [-0.1, -0.05) is 12.1 Å². The normalized spacial score (nSPS) is 14.1. The molecule has 36 heavy (non-hydrogen) atoms. The summed E-state index contributed by atoms with van der Waals surface area (Å²) in [5.41, 5.74) is -4.50. The first-order valence-corrected chi connectivity index (χ1v) is 10.5. The second-order valence-electron chi connectivity index (χ2n) is 8.50. The third-order valence-corrected chi connectivity index (χ3v) is 6.30. The van der Waals surface area contributed by atoms with Gasteiger partial charge in [-0.05, 0) is 49.2 Å². The average Bonchev–Trinajstić information content (AvgIpc) is 3.41. The van der Waals surface area contributed by atoms with Gasteiger partial charge >= 0.3 is 6.18 Å². The fourth-order valence-corrected chi connectivity index (χ4v) is 4.13. The van der Waals surface area contributed by atoms with Crippen LogP contribution in [0.5, 0.6) is 0 Å². The Bertz CT molecular complexity index is 1640. The highest BCUT2D eigenvalue weighted by Gasteiger charge is 2.53. The molecule has 0 saturated heterocycles. The summed E-state index contributed by atoms with van der Waals surface area (Å²) in [4.78, 5) is 7.99. The Kier molecular flexibility index (Phi) is 5.17. The van der Waals surface area contributed by atoms with E-state index in [1.54, 1.807) is 6.92 Å². The molecule has 5 aromatic rings. The zero-order valence-electron chi connectivity index (χ0n) is 18.8. The van der Waals surface area contributed by atoms with Gasteiger partial charge in [-0.2, -0.15) is 13.2 Å². The third-order valence-electron chi connectivity index (χ3n) is 6.30. The first kappa shape index (κ1) is 23.8. The number of rotatable bonds is 3. The molecule has 0 bridgehead atoms. The van der Waals surface area contributed by atoms with Gasteiger partial charge in [0.2, 0.25) is 5.89 Å². The second-order valence-corrected chi connectivity index (χ2v) is 8.50. The summed E-state index contributed by atoms with van der Waals surface area (Å²) in [5.74, 6) is -7.37. The molecule has 1 unspecified atom stereocenters. The van der Waals surface area contributed by atoms with Gasteiger partial charge in [0, 0.05) is 12.5 Å². The van der Waals surface area contributed by atoms with Crippen molar-refractivity contribution in [2.75, 3.05) is 0 Å². The number of oxazole rings is 2. The summed E-state index contributed by atoms with van der Waals surface area (Å²) in [5, 5.41) is 0. The van der Waals surface area contributed by atoms with Crippen LogP contribution in [0, 0.1) is 37.1 Å². The molecule has 0 amide bonds. The monoisotopic (exact) mass is 508 g/mol. The highest BCUT2D eigenvalue weighted by molar-refractivity contribution is 5.79. The SMILES string of the molecule is Cc1nc2cc(C(C)(c3ccc4oc(-c5c(F)c(C)c(F)c(F)c5F)nc4c3)C(F)(F)F)ccc2o1. The number of fused-ring (bicyclic) bond motifs is 2. The third kappa shape index (κ3) is 3.36. The maximum absolute atomic E-state index is 14.6. The fourth-order valence-electron chi connectivity index (χ4n) is 4.13. The molecule has 5 rings (SSSR count). The van der Waals surface area contributed by atoms with Crippen LogP contribution in [-0.2, 0) is 5.41 Å². The molecule has 3 aromatic carbocycles. The van der Waals surface area contributed by atoms with Crippen molar-refractivity contribution in [3.63, 3.8) is 0 Å². The van der Waals surface area contributed by atoms with Gasteiger partial charge in [-0.25, -0.2) is 27.5 Å². The van der Waals surface area contributed by atoms with Crippen molar-refractivity contribution >= 4 is 22.2 Å². The highest BCUT2D eigenvalue weighted by Crippen LogP contribution is 2.47. The zero-order valence-corrected chi connectivity index (χ0v) is 18.8. The Morgan fingerprint density at radius 1 is 0.694 bits per heavy atom. The molecule has 4 nitrogen and oxygen atoms in total. The molecular formula is C25H15F7N2O2. The van der Waals surface area contributed by atoms with Gasteiger partial charge in [0.25, 0.3) is 0 Å². The summed E-state index contributed by atoms with van der Waals surface area (Å²) >= 11 is 0. The van der Waals surface area contributed by atoms with Crippen LogP contribution in [0.4, 0.5) is 30.7 Å². The maximum atomic E-state index is 14.6. The van der Waals surface area contributed by atoms with Crippen molar-refractivity contribution in [2.24, 2.45) is 0 Å². The summed E-state index contributed by atoms with van der Waals surface area (Å²) in [6, 6.07) is 7.30. The van der Waals surface area contributed by atoms with E-state index < -0.39 is 51.9 Å². The molecule has 2 aromatic heterocycles.